The summed E-state index contributed by atoms with van der Waals surface area (Å²) >= 11 is 0. The molecule has 2 aliphatic rings. The molecule has 1 aromatic rings. The average molecular weight is 356 g/mol. The number of hydrogen-bond donors (Lipinski definition) is 1. The molecule has 3 heteroatoms. The summed E-state index contributed by atoms with van der Waals surface area (Å²) in [6, 6.07) is 8.21. The summed E-state index contributed by atoms with van der Waals surface area (Å²) in [5.41, 5.74) is 2.34. The van der Waals surface area contributed by atoms with Gasteiger partial charge in [0, 0.05) is 25.3 Å². The lowest BCUT2D eigenvalue weighted by Crippen LogP contribution is -2.35. The topological polar surface area (TPSA) is 46.2 Å². The van der Waals surface area contributed by atoms with Crippen LogP contribution < -0.4 is 5.32 Å². The number of fused-ring (bicyclic) bond motifs is 1. The molecule has 0 aliphatic heterocycles. The van der Waals surface area contributed by atoms with Gasteiger partial charge in [0.1, 0.15) is 5.78 Å². The third-order valence-corrected chi connectivity index (χ3v) is 6.43. The molecule has 2 fully saturated rings. The van der Waals surface area contributed by atoms with Gasteiger partial charge in [0.15, 0.2) is 0 Å². The van der Waals surface area contributed by atoms with E-state index in [9.17, 15) is 9.59 Å². The highest BCUT2D eigenvalue weighted by molar-refractivity contribution is 5.82. The summed E-state index contributed by atoms with van der Waals surface area (Å²) in [4.78, 5) is 24.8. The zero-order valence-electron chi connectivity index (χ0n) is 16.1. The van der Waals surface area contributed by atoms with Gasteiger partial charge in [0.05, 0.1) is 0 Å². The molecule has 0 spiro atoms. The molecule has 3 nitrogen and oxygen atoms in total. The number of amides is 1. The molecule has 0 saturated heterocycles. The first-order valence-electron chi connectivity index (χ1n) is 10.5. The van der Waals surface area contributed by atoms with E-state index in [1.807, 2.05) is 12.1 Å². The third-order valence-electron chi connectivity index (χ3n) is 6.43. The molecule has 1 aromatic carbocycles. The number of benzene rings is 1. The van der Waals surface area contributed by atoms with Crippen molar-refractivity contribution in [3.63, 3.8) is 0 Å². The van der Waals surface area contributed by atoms with Crippen LogP contribution in [0.25, 0.3) is 0 Å². The highest BCUT2D eigenvalue weighted by atomic mass is 16.1. The SMILES string of the molecule is Cc1ccc(CNC(=O)CCCC(=O)C2CCCC3CCCCC32)cc1. The van der Waals surface area contributed by atoms with Gasteiger partial charge in [-0.05, 0) is 43.6 Å². The van der Waals surface area contributed by atoms with E-state index in [-0.39, 0.29) is 11.8 Å². The van der Waals surface area contributed by atoms with Gasteiger partial charge in [0.25, 0.3) is 0 Å². The largest absolute Gasteiger partial charge is 0.352 e. The zero-order chi connectivity index (χ0) is 18.4. The van der Waals surface area contributed by atoms with Gasteiger partial charge in [0.2, 0.25) is 5.91 Å². The molecule has 3 rings (SSSR count). The number of carbonyl (C=O) groups is 2. The second kappa shape index (κ2) is 9.34. The lowest BCUT2D eigenvalue weighted by atomic mass is 9.64. The van der Waals surface area contributed by atoms with Crippen LogP contribution in [-0.2, 0) is 16.1 Å². The molecule has 26 heavy (non-hydrogen) atoms. The van der Waals surface area contributed by atoms with Crippen LogP contribution in [0.2, 0.25) is 0 Å². The summed E-state index contributed by atoms with van der Waals surface area (Å²) in [5.74, 6) is 2.19. The van der Waals surface area contributed by atoms with Gasteiger partial charge in [-0.2, -0.15) is 0 Å². The summed E-state index contributed by atoms with van der Waals surface area (Å²) < 4.78 is 0. The van der Waals surface area contributed by atoms with Crippen molar-refractivity contribution in [1.82, 2.24) is 5.32 Å². The minimum Gasteiger partial charge on any atom is -0.352 e. The Kier molecular flexibility index (Phi) is 6.87. The fourth-order valence-corrected chi connectivity index (χ4v) is 4.94. The minimum absolute atomic E-state index is 0.0533. The van der Waals surface area contributed by atoms with Crippen molar-refractivity contribution in [2.45, 2.75) is 77.7 Å². The van der Waals surface area contributed by atoms with Crippen LogP contribution in [0.5, 0.6) is 0 Å². The van der Waals surface area contributed by atoms with Crippen LogP contribution in [0.3, 0.4) is 0 Å². The predicted molar refractivity (Wildman–Crippen MR) is 105 cm³/mol. The van der Waals surface area contributed by atoms with Crippen LogP contribution in [0.1, 0.15) is 75.3 Å². The smallest absolute Gasteiger partial charge is 0.220 e. The molecule has 3 unspecified atom stereocenters. The first kappa shape index (κ1) is 19.1. The predicted octanol–water partition coefficient (Wildman–Crippen LogP) is 4.96. The monoisotopic (exact) mass is 355 g/mol. The van der Waals surface area contributed by atoms with Crippen molar-refractivity contribution < 1.29 is 9.59 Å². The number of nitrogens with one attached hydrogen (secondary N) is 1. The van der Waals surface area contributed by atoms with E-state index >= 15 is 0 Å². The van der Waals surface area contributed by atoms with E-state index in [1.54, 1.807) is 0 Å². The molecule has 2 aliphatic carbocycles. The fraction of sp³-hybridized carbons (Fsp3) is 0.652. The summed E-state index contributed by atoms with van der Waals surface area (Å²) in [6.07, 6.45) is 10.6. The molecule has 142 valence electrons. The molecule has 0 aromatic heterocycles. The Bertz CT molecular complexity index is 605. The highest BCUT2D eigenvalue weighted by Gasteiger charge is 2.37. The molecule has 0 heterocycles. The quantitative estimate of drug-likeness (QED) is 0.751. The summed E-state index contributed by atoms with van der Waals surface area (Å²) in [5, 5.41) is 2.97. The lowest BCUT2D eigenvalue weighted by Gasteiger charge is -2.40. The van der Waals surface area contributed by atoms with Gasteiger partial charge >= 0.3 is 0 Å². The fourth-order valence-electron chi connectivity index (χ4n) is 4.94. The van der Waals surface area contributed by atoms with Crippen molar-refractivity contribution in [2.75, 3.05) is 0 Å². The average Bonchev–Trinajstić information content (AvgIpc) is 2.67. The zero-order valence-corrected chi connectivity index (χ0v) is 16.1. The van der Waals surface area contributed by atoms with Gasteiger partial charge in [-0.3, -0.25) is 9.59 Å². The van der Waals surface area contributed by atoms with Crippen molar-refractivity contribution >= 4 is 11.7 Å². The summed E-state index contributed by atoms with van der Waals surface area (Å²) in [7, 11) is 0. The van der Waals surface area contributed by atoms with E-state index in [4.69, 9.17) is 0 Å². The van der Waals surface area contributed by atoms with Gasteiger partial charge < -0.3 is 5.32 Å². The van der Waals surface area contributed by atoms with Crippen molar-refractivity contribution in [3.8, 4) is 0 Å². The first-order valence-corrected chi connectivity index (χ1v) is 10.5. The summed E-state index contributed by atoms with van der Waals surface area (Å²) in [6.45, 7) is 2.63. The molecule has 1 N–H and O–H groups in total. The molecule has 0 radical (unpaired) electrons. The Labute approximate surface area is 157 Å². The van der Waals surface area contributed by atoms with Crippen molar-refractivity contribution in [3.05, 3.63) is 35.4 Å². The van der Waals surface area contributed by atoms with Gasteiger partial charge in [-0.15, -0.1) is 0 Å². The Morgan fingerprint density at radius 3 is 2.50 bits per heavy atom. The Hall–Kier alpha value is -1.64. The number of aryl methyl sites for hydroxylation is 1. The van der Waals surface area contributed by atoms with E-state index in [0.29, 0.717) is 37.5 Å². The van der Waals surface area contributed by atoms with Gasteiger partial charge in [-0.25, -0.2) is 0 Å². The van der Waals surface area contributed by atoms with Gasteiger partial charge in [-0.1, -0.05) is 61.9 Å². The first-order chi connectivity index (χ1) is 12.6. The third kappa shape index (κ3) is 5.18. The minimum atomic E-state index is 0.0533. The van der Waals surface area contributed by atoms with Crippen LogP contribution >= 0.6 is 0 Å². The number of carbonyl (C=O) groups excluding carboxylic acids is 2. The van der Waals surface area contributed by atoms with Crippen molar-refractivity contribution in [2.24, 2.45) is 17.8 Å². The van der Waals surface area contributed by atoms with E-state index in [1.165, 1.54) is 44.1 Å². The molecule has 2 saturated carbocycles. The van der Waals surface area contributed by atoms with Crippen LogP contribution in [0.4, 0.5) is 0 Å². The van der Waals surface area contributed by atoms with Crippen LogP contribution in [-0.4, -0.2) is 11.7 Å². The van der Waals surface area contributed by atoms with Crippen molar-refractivity contribution in [1.29, 1.82) is 0 Å². The highest BCUT2D eigenvalue weighted by Crippen LogP contribution is 2.44. The molecular formula is C23H33NO2. The number of ketones is 1. The number of rotatable bonds is 7. The maximum atomic E-state index is 12.7. The Morgan fingerprint density at radius 2 is 1.69 bits per heavy atom. The van der Waals surface area contributed by atoms with E-state index in [2.05, 4.69) is 24.4 Å². The number of Topliss-reactive ketones (excluding diaryl/α,β-unsaturated/α-hetero) is 1. The second-order valence-electron chi connectivity index (χ2n) is 8.33. The van der Waals surface area contributed by atoms with Crippen LogP contribution in [0.15, 0.2) is 24.3 Å². The number of hydrogen-bond acceptors (Lipinski definition) is 2. The molecule has 3 atom stereocenters. The maximum absolute atomic E-state index is 12.7. The van der Waals surface area contributed by atoms with Crippen LogP contribution in [0, 0.1) is 24.7 Å². The molecule has 1 amide bonds. The normalized spacial score (nSPS) is 25.3. The van der Waals surface area contributed by atoms with E-state index in [0.717, 1.165) is 17.9 Å². The standard InChI is InChI=1S/C23H33NO2/c1-17-12-14-18(15-13-17)16-24-23(26)11-5-10-22(25)21-9-4-7-19-6-2-3-8-20(19)21/h12-15,19-21H,2-11,16H2,1H3,(H,24,26). The lowest BCUT2D eigenvalue weighted by molar-refractivity contribution is -0.127. The van der Waals surface area contributed by atoms with E-state index < -0.39 is 0 Å². The molecular weight excluding hydrogens is 322 g/mol. The molecule has 0 bridgehead atoms. The maximum Gasteiger partial charge on any atom is 0.220 e. The second-order valence-corrected chi connectivity index (χ2v) is 8.33. The Morgan fingerprint density at radius 1 is 0.962 bits per heavy atom. The Balaban J connectivity index is 1.37.